The number of likely N-dealkylation sites (N-methyl/N-ethyl adjacent to an activating group) is 1. The van der Waals surface area contributed by atoms with Crippen LogP contribution >= 0.6 is 0 Å². The van der Waals surface area contributed by atoms with Crippen LogP contribution in [0.4, 0.5) is 0 Å². The van der Waals surface area contributed by atoms with E-state index in [4.69, 9.17) is 0 Å². The molecule has 0 saturated carbocycles. The molecule has 1 fully saturated rings. The van der Waals surface area contributed by atoms with E-state index in [9.17, 15) is 0 Å². The van der Waals surface area contributed by atoms with Gasteiger partial charge in [-0.15, -0.1) is 0 Å². The van der Waals surface area contributed by atoms with Crippen LogP contribution in [0.3, 0.4) is 0 Å². The maximum Gasteiger partial charge on any atom is 0.0645 e. The first-order chi connectivity index (χ1) is 10.7. The molecule has 2 unspecified atom stereocenters. The Kier molecular flexibility index (Phi) is 7.99. The Bertz CT molecular complexity index is 390. The standard InChI is InChI=1S/C20H39N3/c1-9-19(12-20(5,6)10-2)15-21(7)22(8)16-23-13-17(3)11-18(4)14-23/h9,12,17-18H,1,10-11,13-16H2,2-8H3/b19-12+. The first-order valence-corrected chi connectivity index (χ1v) is 9.15. The van der Waals surface area contributed by atoms with Crippen LogP contribution in [0.1, 0.15) is 47.5 Å². The third-order valence-electron chi connectivity index (χ3n) is 5.09. The van der Waals surface area contributed by atoms with Crippen molar-refractivity contribution in [2.75, 3.05) is 40.4 Å². The quantitative estimate of drug-likeness (QED) is 0.489. The second-order valence-electron chi connectivity index (χ2n) is 8.36. The summed E-state index contributed by atoms with van der Waals surface area (Å²) in [5.41, 5.74) is 1.55. The maximum atomic E-state index is 4.00. The van der Waals surface area contributed by atoms with Crippen LogP contribution in [0.25, 0.3) is 0 Å². The molecule has 0 aromatic heterocycles. The van der Waals surface area contributed by atoms with Crippen LogP contribution in [-0.2, 0) is 0 Å². The number of nitrogens with zero attached hydrogens (tertiary/aromatic N) is 3. The summed E-state index contributed by atoms with van der Waals surface area (Å²) < 4.78 is 0. The van der Waals surface area contributed by atoms with Crippen molar-refractivity contribution in [2.24, 2.45) is 17.3 Å². The molecule has 1 rings (SSSR count). The lowest BCUT2D eigenvalue weighted by atomic mass is 9.88. The summed E-state index contributed by atoms with van der Waals surface area (Å²) in [6, 6.07) is 0. The SMILES string of the molecule is C=C/C(=C\C(C)(C)CC)CN(C)N(C)CN1CC(C)CC(C)C1. The van der Waals surface area contributed by atoms with Gasteiger partial charge in [-0.2, -0.15) is 0 Å². The first kappa shape index (κ1) is 20.4. The number of piperidine rings is 1. The lowest BCUT2D eigenvalue weighted by Crippen LogP contribution is -2.49. The van der Waals surface area contributed by atoms with Gasteiger partial charge in [-0.1, -0.05) is 53.3 Å². The predicted molar refractivity (Wildman–Crippen MR) is 102 cm³/mol. The average Bonchev–Trinajstić information content (AvgIpc) is 2.45. The fraction of sp³-hybridized carbons (Fsp3) is 0.800. The van der Waals surface area contributed by atoms with E-state index in [-0.39, 0.29) is 5.41 Å². The Hall–Kier alpha value is -0.640. The molecule has 3 heteroatoms. The van der Waals surface area contributed by atoms with Crippen LogP contribution in [-0.4, -0.2) is 55.3 Å². The number of hydrazine groups is 1. The predicted octanol–water partition coefficient (Wildman–Crippen LogP) is 4.25. The van der Waals surface area contributed by atoms with E-state index in [0.29, 0.717) is 0 Å². The Morgan fingerprint density at radius 1 is 1.17 bits per heavy atom. The summed E-state index contributed by atoms with van der Waals surface area (Å²) in [5, 5.41) is 4.64. The fourth-order valence-corrected chi connectivity index (χ4v) is 3.46. The normalized spacial score (nSPS) is 24.5. The molecule has 0 amide bonds. The molecule has 0 aliphatic carbocycles. The van der Waals surface area contributed by atoms with Crippen molar-refractivity contribution in [2.45, 2.75) is 47.5 Å². The summed E-state index contributed by atoms with van der Waals surface area (Å²) >= 11 is 0. The highest BCUT2D eigenvalue weighted by Gasteiger charge is 2.23. The van der Waals surface area contributed by atoms with Crippen LogP contribution in [0, 0.1) is 17.3 Å². The van der Waals surface area contributed by atoms with Gasteiger partial charge in [0.15, 0.2) is 0 Å². The van der Waals surface area contributed by atoms with Crippen LogP contribution in [0.5, 0.6) is 0 Å². The molecule has 1 aliphatic heterocycles. The zero-order valence-electron chi connectivity index (χ0n) is 16.6. The largest absolute Gasteiger partial charge is 0.289 e. The monoisotopic (exact) mass is 321 g/mol. The zero-order chi connectivity index (χ0) is 17.6. The highest BCUT2D eigenvalue weighted by atomic mass is 15.6. The molecule has 2 atom stereocenters. The zero-order valence-corrected chi connectivity index (χ0v) is 16.6. The molecule has 0 aromatic carbocycles. The molecule has 0 N–H and O–H groups in total. The summed E-state index contributed by atoms with van der Waals surface area (Å²) in [7, 11) is 4.36. The van der Waals surface area contributed by atoms with E-state index in [0.717, 1.165) is 31.5 Å². The summed E-state index contributed by atoms with van der Waals surface area (Å²) in [5.74, 6) is 1.62. The van der Waals surface area contributed by atoms with E-state index in [1.54, 1.807) is 0 Å². The minimum absolute atomic E-state index is 0.237. The smallest absolute Gasteiger partial charge is 0.0645 e. The molecule has 3 nitrogen and oxygen atoms in total. The molecule has 0 aromatic rings. The molecule has 134 valence electrons. The van der Waals surface area contributed by atoms with E-state index in [1.165, 1.54) is 25.1 Å². The van der Waals surface area contributed by atoms with Crippen LogP contribution < -0.4 is 0 Å². The van der Waals surface area contributed by atoms with Gasteiger partial charge >= 0.3 is 0 Å². The molecule has 0 spiro atoms. The highest BCUT2D eigenvalue weighted by Crippen LogP contribution is 2.24. The number of hydrogen-bond donors (Lipinski definition) is 0. The van der Waals surface area contributed by atoms with E-state index in [1.807, 2.05) is 6.08 Å². The van der Waals surface area contributed by atoms with Crippen molar-refractivity contribution in [1.82, 2.24) is 14.9 Å². The van der Waals surface area contributed by atoms with Gasteiger partial charge in [-0.05, 0) is 35.7 Å². The molecular weight excluding hydrogens is 282 g/mol. The van der Waals surface area contributed by atoms with Crippen LogP contribution in [0.15, 0.2) is 24.3 Å². The molecule has 1 aliphatic rings. The topological polar surface area (TPSA) is 9.72 Å². The summed E-state index contributed by atoms with van der Waals surface area (Å²) in [6.07, 6.45) is 6.89. The third-order valence-corrected chi connectivity index (χ3v) is 5.09. The number of hydrogen-bond acceptors (Lipinski definition) is 3. The van der Waals surface area contributed by atoms with Crippen molar-refractivity contribution in [3.8, 4) is 0 Å². The van der Waals surface area contributed by atoms with Crippen molar-refractivity contribution in [3.63, 3.8) is 0 Å². The van der Waals surface area contributed by atoms with E-state index >= 15 is 0 Å². The van der Waals surface area contributed by atoms with Gasteiger partial charge in [0.2, 0.25) is 0 Å². The minimum atomic E-state index is 0.237. The van der Waals surface area contributed by atoms with Crippen molar-refractivity contribution >= 4 is 0 Å². The Morgan fingerprint density at radius 3 is 2.22 bits per heavy atom. The fourth-order valence-electron chi connectivity index (χ4n) is 3.46. The Balaban J connectivity index is 2.58. The van der Waals surface area contributed by atoms with Gasteiger partial charge < -0.3 is 0 Å². The summed E-state index contributed by atoms with van der Waals surface area (Å²) in [6.45, 7) is 19.9. The molecule has 1 saturated heterocycles. The first-order valence-electron chi connectivity index (χ1n) is 9.15. The minimum Gasteiger partial charge on any atom is -0.289 e. The Morgan fingerprint density at radius 2 is 1.74 bits per heavy atom. The molecule has 0 radical (unpaired) electrons. The lowest BCUT2D eigenvalue weighted by molar-refractivity contribution is -0.0316. The average molecular weight is 322 g/mol. The molecular formula is C20H39N3. The molecule has 23 heavy (non-hydrogen) atoms. The molecule has 0 bridgehead atoms. The van der Waals surface area contributed by atoms with Crippen LogP contribution in [0.2, 0.25) is 0 Å². The number of allylic oxidation sites excluding steroid dienone is 1. The van der Waals surface area contributed by atoms with Crippen molar-refractivity contribution < 1.29 is 0 Å². The van der Waals surface area contributed by atoms with E-state index in [2.05, 4.69) is 76.3 Å². The van der Waals surface area contributed by atoms with Crippen molar-refractivity contribution in [1.29, 1.82) is 0 Å². The van der Waals surface area contributed by atoms with Gasteiger partial charge in [-0.3, -0.25) is 4.90 Å². The second kappa shape index (κ2) is 9.00. The van der Waals surface area contributed by atoms with Crippen molar-refractivity contribution in [3.05, 3.63) is 24.3 Å². The number of rotatable bonds is 8. The molecule has 1 heterocycles. The van der Waals surface area contributed by atoms with Gasteiger partial charge in [-0.25, -0.2) is 10.0 Å². The summed E-state index contributed by atoms with van der Waals surface area (Å²) in [4.78, 5) is 2.59. The van der Waals surface area contributed by atoms with Gasteiger partial charge in [0.1, 0.15) is 0 Å². The van der Waals surface area contributed by atoms with Gasteiger partial charge in [0.25, 0.3) is 0 Å². The highest BCUT2D eigenvalue weighted by molar-refractivity contribution is 5.20. The van der Waals surface area contributed by atoms with E-state index < -0.39 is 0 Å². The lowest BCUT2D eigenvalue weighted by Gasteiger charge is -2.39. The number of likely N-dealkylation sites (tertiary alicyclic amines) is 1. The third kappa shape index (κ3) is 7.19. The van der Waals surface area contributed by atoms with Gasteiger partial charge in [0, 0.05) is 33.7 Å². The second-order valence-corrected chi connectivity index (χ2v) is 8.36. The maximum absolute atomic E-state index is 4.00. The van der Waals surface area contributed by atoms with Gasteiger partial charge in [0.05, 0.1) is 6.67 Å². The Labute approximate surface area is 145 Å².